The number of aromatic amines is 6. The van der Waals surface area contributed by atoms with E-state index < -0.39 is 0 Å². The lowest BCUT2D eigenvalue weighted by atomic mass is 10.1. The Bertz CT molecular complexity index is 6070. The van der Waals surface area contributed by atoms with Crippen LogP contribution in [0.4, 0.5) is 35.7 Å². The number of hydrogen-bond donors (Lipinski definition) is 12. The van der Waals surface area contributed by atoms with E-state index in [-0.39, 0.29) is 74.4 Å². The Morgan fingerprint density at radius 1 is 0.259 bits per heavy atom. The maximum atomic E-state index is 5.56. The van der Waals surface area contributed by atoms with Gasteiger partial charge < -0.3 is 64.3 Å². The number of aromatic nitrogens is 30. The Morgan fingerprint density at radius 3 is 0.822 bits per heavy atom. The lowest BCUT2D eigenvalue weighted by molar-refractivity contribution is 0.558. The summed E-state index contributed by atoms with van der Waals surface area (Å²) in [6.45, 7) is 6.84. The highest BCUT2D eigenvalue weighted by molar-refractivity contribution is 5.86. The number of nitrogens with one attached hydrogen (secondary N) is 6. The van der Waals surface area contributed by atoms with E-state index >= 15 is 0 Å². The van der Waals surface area contributed by atoms with Gasteiger partial charge in [-0.2, -0.15) is 0 Å². The molecule has 0 aliphatic heterocycles. The minimum absolute atomic E-state index is 0. The van der Waals surface area contributed by atoms with E-state index in [1.807, 2.05) is 150 Å². The molecule has 0 fully saturated rings. The van der Waals surface area contributed by atoms with Crippen molar-refractivity contribution < 1.29 is 0 Å². The minimum Gasteiger partial charge on any atom is -0.369 e. The summed E-state index contributed by atoms with van der Waals surface area (Å²) in [5.41, 5.74) is 54.2. The van der Waals surface area contributed by atoms with Gasteiger partial charge in [0.2, 0.25) is 0 Å². The molecule has 0 radical (unpaired) electrons. The van der Waals surface area contributed by atoms with Crippen LogP contribution in [0.15, 0.2) is 262 Å². The van der Waals surface area contributed by atoms with Crippen molar-refractivity contribution in [2.45, 2.75) is 162 Å². The summed E-state index contributed by atoms with van der Waals surface area (Å²) in [5.74, 6) is 2.75. The first-order valence-electron chi connectivity index (χ1n) is 43.2. The third kappa shape index (κ3) is 39.2. The SMILES string of the molecule is C/C(=C\c1ccccc1)Cn1cc(Cc2cnc(N)[nH]2)nn1.Cl.Cl.Cl.Cl.Cl.Cl.Nc1ncc(CCCc2cn(CCCc3ccccc3)nn2)[nH]1.Nc1ncc(CCCc2cn(Cc3ccccc3)nn2)[nH]1.Nc1ncc(CCCc2cn(Cc3ccccc3)nn2)[nH]1.Nc1ncc(CCc2cn(CCCc3ccccc3)nn2)[nH]1.Nc1ncc(CCc2cn(Cc3ccccc3)nn2)[nH]1. The summed E-state index contributed by atoms with van der Waals surface area (Å²) in [4.78, 5) is 42.0. The molecule has 42 heteroatoms. The largest absolute Gasteiger partial charge is 0.369 e. The summed E-state index contributed by atoms with van der Waals surface area (Å²) < 4.78 is 11.3. The van der Waals surface area contributed by atoms with Gasteiger partial charge in [-0.15, -0.1) is 105 Å². The van der Waals surface area contributed by atoms with Gasteiger partial charge in [0.05, 0.1) is 97.5 Å². The van der Waals surface area contributed by atoms with Crippen LogP contribution in [0.25, 0.3) is 6.08 Å². The molecule has 18 rings (SSSR count). The first kappa shape index (κ1) is 108. The third-order valence-corrected chi connectivity index (χ3v) is 20.3. The molecule has 712 valence electrons. The normalized spacial score (nSPS) is 10.5. The predicted molar refractivity (Wildman–Crippen MR) is 542 cm³/mol. The number of nitrogens with zero attached hydrogens (tertiary/aromatic N) is 24. The molecule has 0 bridgehead atoms. The van der Waals surface area contributed by atoms with E-state index in [0.717, 1.165) is 210 Å². The number of aryl methyl sites for hydroxylation is 14. The smallest absolute Gasteiger partial charge is 0.197 e. The highest BCUT2D eigenvalue weighted by Gasteiger charge is 2.12. The molecule has 0 unspecified atom stereocenters. The fourth-order valence-electron chi connectivity index (χ4n) is 13.9. The van der Waals surface area contributed by atoms with Crippen molar-refractivity contribution >= 4 is 116 Å². The van der Waals surface area contributed by atoms with Gasteiger partial charge in [-0.3, -0.25) is 9.36 Å². The molecule has 0 amide bonds. The molecule has 135 heavy (non-hydrogen) atoms. The molecule has 0 saturated carbocycles. The van der Waals surface area contributed by atoms with E-state index in [1.54, 1.807) is 37.2 Å². The minimum atomic E-state index is 0. The molecular weight excluding hydrogens is 1830 g/mol. The van der Waals surface area contributed by atoms with Crippen LogP contribution >= 0.6 is 74.4 Å². The molecule has 18 N–H and O–H groups in total. The topological polar surface area (TPSA) is 512 Å². The zero-order valence-electron chi connectivity index (χ0n) is 74.9. The van der Waals surface area contributed by atoms with Crippen molar-refractivity contribution in [3.05, 3.63) is 364 Å². The first-order valence-corrected chi connectivity index (χ1v) is 43.2. The number of hydrogen-bond acceptors (Lipinski definition) is 24. The summed E-state index contributed by atoms with van der Waals surface area (Å²) in [7, 11) is 0. The van der Waals surface area contributed by atoms with E-state index in [1.165, 1.54) is 39.0 Å². The highest BCUT2D eigenvalue weighted by atomic mass is 35.5. The number of anilines is 6. The number of rotatable bonds is 37. The lowest BCUT2D eigenvalue weighted by Gasteiger charge is -2.01. The van der Waals surface area contributed by atoms with Crippen molar-refractivity contribution in [3.63, 3.8) is 0 Å². The summed E-state index contributed by atoms with van der Waals surface area (Å²) in [5, 5.41) is 50.3. The van der Waals surface area contributed by atoms with Crippen LogP contribution in [0.5, 0.6) is 0 Å². The average Bonchev–Trinajstić information content (AvgIpc) is 1.72. The van der Waals surface area contributed by atoms with E-state index in [4.69, 9.17) is 34.4 Å². The zero-order valence-corrected chi connectivity index (χ0v) is 79.8. The monoisotopic (exact) mass is 1950 g/mol. The van der Waals surface area contributed by atoms with Crippen molar-refractivity contribution in [2.75, 3.05) is 34.4 Å². The molecule has 0 aliphatic carbocycles. The van der Waals surface area contributed by atoms with Gasteiger partial charge in [0.1, 0.15) is 0 Å². The van der Waals surface area contributed by atoms with Crippen molar-refractivity contribution in [3.8, 4) is 0 Å². The molecule has 36 nitrogen and oxygen atoms in total. The van der Waals surface area contributed by atoms with Crippen LogP contribution in [-0.2, 0) is 123 Å². The molecule has 0 spiro atoms. The Kier molecular flexibility index (Phi) is 46.7. The van der Waals surface area contributed by atoms with Gasteiger partial charge >= 0.3 is 0 Å². The van der Waals surface area contributed by atoms with Crippen molar-refractivity contribution in [1.29, 1.82) is 0 Å². The highest BCUT2D eigenvalue weighted by Crippen LogP contribution is 2.17. The van der Waals surface area contributed by atoms with Gasteiger partial charge in [0.15, 0.2) is 35.7 Å². The molecule has 0 atom stereocenters. The standard InChI is InChI=1S/C17H22N6.C16H18N6.C16H20N6.2C15H18N6.C14H16N6.6ClH/c18-17-19-12-15(20-17)9-4-10-16-13-23(22-21-16)11-5-8-14-6-2-1-3-7-14;1-12(7-13-5-3-2-4-6-13)10-22-11-15(20-21-22)8-14-9-18-16(17)19-14;17-16-18-11-14(19-16)8-9-15-12-22(21-20-15)10-4-7-13-5-2-1-3-6-13;2*16-15-17-9-13(18-15)7-4-8-14-11-21(20-19-14)10-12-5-2-1-3-6-12;15-14-16-8-12(17-14)6-7-13-10-20(19-18-13)9-11-4-2-1-3-5-11;;;;;;/h1-3,6-7,12-13H,4-5,8-11H2,(H3,18,19,20);2-7,9,11H,8,10H2,1H3,(H3,17,18,19);1-3,5-6,11-12H,4,7-10H2,(H3,17,18,19);2*1-3,5-6,9,11H,4,7-8,10H2,(H3,16,17,18);1-5,8,10H,6-7,9H2,(H3,15,16,17);6*1H/b;12-7+;;;;;;;;;;. The molecule has 12 aromatic heterocycles. The fraction of sp³-hybridized carbons (Fsp3) is 0.269. The number of H-pyrrole nitrogens is 6. The van der Waals surface area contributed by atoms with Gasteiger partial charge in [0.25, 0.3) is 0 Å². The molecule has 18 aromatic rings. The van der Waals surface area contributed by atoms with E-state index in [0.29, 0.717) is 48.7 Å². The van der Waals surface area contributed by atoms with Crippen LogP contribution in [0.2, 0.25) is 0 Å². The number of halogens is 6. The van der Waals surface area contributed by atoms with E-state index in [2.05, 4.69) is 232 Å². The molecular formula is C93H118Cl6N36. The number of allylic oxidation sites excluding steroid dienone is 1. The first-order chi connectivity index (χ1) is 63.2. The summed E-state index contributed by atoms with van der Waals surface area (Å²) in [6, 6.07) is 62.0. The Balaban J connectivity index is 0.000000219. The van der Waals surface area contributed by atoms with Crippen molar-refractivity contribution in [2.24, 2.45) is 0 Å². The van der Waals surface area contributed by atoms with Crippen LogP contribution in [0.3, 0.4) is 0 Å². The molecule has 0 aliphatic rings. The quantitative estimate of drug-likeness (QED) is 0.0172. The van der Waals surface area contributed by atoms with Gasteiger partial charge in [-0.25, -0.2) is 48.6 Å². The Labute approximate surface area is 820 Å². The maximum absolute atomic E-state index is 5.56. The van der Waals surface area contributed by atoms with Crippen LogP contribution in [0, 0.1) is 0 Å². The molecule has 6 aromatic carbocycles. The third-order valence-electron chi connectivity index (χ3n) is 20.3. The van der Waals surface area contributed by atoms with E-state index in [9.17, 15) is 0 Å². The second kappa shape index (κ2) is 58.6. The lowest BCUT2D eigenvalue weighted by Crippen LogP contribution is -2.00. The summed E-state index contributed by atoms with van der Waals surface area (Å²) in [6.07, 6.45) is 41.4. The second-order valence-corrected chi connectivity index (χ2v) is 31.1. The number of nitrogen functional groups attached to an aromatic ring is 6. The average molecular weight is 1950 g/mol. The fourth-order valence-corrected chi connectivity index (χ4v) is 13.9. The van der Waals surface area contributed by atoms with Gasteiger partial charge in [0, 0.05) is 90.9 Å². The van der Waals surface area contributed by atoms with Crippen molar-refractivity contribution in [1.82, 2.24) is 150 Å². The Hall–Kier alpha value is -14.3. The number of benzene rings is 6. The number of nitrogens with two attached hydrogens (primary N) is 6. The molecule has 12 heterocycles. The molecule has 0 saturated heterocycles. The van der Waals surface area contributed by atoms with Crippen LogP contribution in [0.1, 0.15) is 141 Å². The second-order valence-electron chi connectivity index (χ2n) is 31.1. The Morgan fingerprint density at radius 2 is 0.511 bits per heavy atom. The van der Waals surface area contributed by atoms with Gasteiger partial charge in [-0.05, 0) is 149 Å². The number of imidazole rings is 6. The van der Waals surface area contributed by atoms with Crippen LogP contribution < -0.4 is 34.4 Å². The summed E-state index contributed by atoms with van der Waals surface area (Å²) >= 11 is 0. The van der Waals surface area contributed by atoms with Gasteiger partial charge in [-0.1, -0.05) is 225 Å². The zero-order chi connectivity index (χ0) is 89.2. The predicted octanol–water partition coefficient (Wildman–Crippen LogP) is 14.2. The van der Waals surface area contributed by atoms with Crippen LogP contribution in [-0.4, -0.2) is 150 Å². The maximum Gasteiger partial charge on any atom is 0.197 e.